The Morgan fingerprint density at radius 3 is 2.76 bits per heavy atom. The molecule has 0 bridgehead atoms. The van der Waals surface area contributed by atoms with E-state index < -0.39 is 11.9 Å². The SMILES string of the molecule is C=C(Cl)CN(CC(=O)NC(N)=O)[C@H]1CCc2ccccc21. The predicted octanol–water partition coefficient (Wildman–Crippen LogP) is 1.92. The van der Waals surface area contributed by atoms with Gasteiger partial charge in [-0.05, 0) is 24.0 Å². The van der Waals surface area contributed by atoms with E-state index in [1.807, 2.05) is 17.0 Å². The normalized spacial score (nSPS) is 16.6. The van der Waals surface area contributed by atoms with Gasteiger partial charge in [0, 0.05) is 17.6 Å². The maximum Gasteiger partial charge on any atom is 0.318 e. The number of aryl methyl sites for hydroxylation is 1. The lowest BCUT2D eigenvalue weighted by atomic mass is 10.1. The Kier molecular flexibility index (Phi) is 4.98. The maximum absolute atomic E-state index is 11.8. The molecule has 3 N–H and O–H groups in total. The molecule has 0 unspecified atom stereocenters. The van der Waals surface area contributed by atoms with Gasteiger partial charge in [0.15, 0.2) is 0 Å². The van der Waals surface area contributed by atoms with Gasteiger partial charge >= 0.3 is 6.03 Å². The van der Waals surface area contributed by atoms with E-state index in [0.29, 0.717) is 11.6 Å². The third-order valence-corrected chi connectivity index (χ3v) is 3.65. The van der Waals surface area contributed by atoms with Crippen LogP contribution < -0.4 is 11.1 Å². The molecule has 0 aliphatic heterocycles. The molecule has 1 atom stereocenters. The first-order valence-electron chi connectivity index (χ1n) is 6.72. The van der Waals surface area contributed by atoms with Crippen molar-refractivity contribution in [1.29, 1.82) is 0 Å². The maximum atomic E-state index is 11.8. The highest BCUT2D eigenvalue weighted by atomic mass is 35.5. The van der Waals surface area contributed by atoms with E-state index in [-0.39, 0.29) is 12.6 Å². The van der Waals surface area contributed by atoms with Crippen LogP contribution in [0.25, 0.3) is 0 Å². The van der Waals surface area contributed by atoms with Gasteiger partial charge in [-0.15, -0.1) is 0 Å². The summed E-state index contributed by atoms with van der Waals surface area (Å²) in [6, 6.07) is 7.38. The van der Waals surface area contributed by atoms with Gasteiger partial charge in [0.1, 0.15) is 0 Å². The van der Waals surface area contributed by atoms with Gasteiger partial charge in [-0.1, -0.05) is 42.4 Å². The zero-order valence-electron chi connectivity index (χ0n) is 11.6. The van der Waals surface area contributed by atoms with Gasteiger partial charge < -0.3 is 5.73 Å². The summed E-state index contributed by atoms with van der Waals surface area (Å²) in [5.41, 5.74) is 7.44. The molecule has 0 fully saturated rings. The minimum absolute atomic E-state index is 0.0493. The summed E-state index contributed by atoms with van der Waals surface area (Å²) < 4.78 is 0. The fourth-order valence-electron chi connectivity index (χ4n) is 2.77. The number of amides is 3. The van der Waals surface area contributed by atoms with Gasteiger partial charge in [-0.2, -0.15) is 0 Å². The molecule has 21 heavy (non-hydrogen) atoms. The number of urea groups is 1. The molecule has 1 aliphatic carbocycles. The third kappa shape index (κ3) is 4.06. The average Bonchev–Trinajstić information content (AvgIpc) is 2.80. The fraction of sp³-hybridized carbons (Fsp3) is 0.333. The van der Waals surface area contributed by atoms with Crippen LogP contribution in [0.4, 0.5) is 4.79 Å². The molecule has 3 amide bonds. The Morgan fingerprint density at radius 1 is 1.38 bits per heavy atom. The molecule has 2 rings (SSSR count). The van der Waals surface area contributed by atoms with Crippen molar-refractivity contribution < 1.29 is 9.59 Å². The lowest BCUT2D eigenvalue weighted by Gasteiger charge is -2.28. The van der Waals surface area contributed by atoms with E-state index in [1.165, 1.54) is 11.1 Å². The summed E-state index contributed by atoms with van der Waals surface area (Å²) in [6.45, 7) is 4.12. The molecule has 0 saturated heterocycles. The van der Waals surface area contributed by atoms with E-state index in [1.54, 1.807) is 0 Å². The quantitative estimate of drug-likeness (QED) is 0.872. The zero-order valence-corrected chi connectivity index (χ0v) is 12.4. The monoisotopic (exact) mass is 307 g/mol. The topological polar surface area (TPSA) is 75.4 Å². The summed E-state index contributed by atoms with van der Waals surface area (Å²) in [5.74, 6) is -0.440. The molecule has 5 nitrogen and oxygen atoms in total. The van der Waals surface area contributed by atoms with Gasteiger partial charge in [-0.3, -0.25) is 15.0 Å². The number of primary amides is 1. The second-order valence-corrected chi connectivity index (χ2v) is 5.62. The second-order valence-electron chi connectivity index (χ2n) is 5.09. The van der Waals surface area contributed by atoms with Crippen molar-refractivity contribution >= 4 is 23.5 Å². The lowest BCUT2D eigenvalue weighted by Crippen LogP contribution is -2.43. The van der Waals surface area contributed by atoms with Crippen LogP contribution in [-0.2, 0) is 11.2 Å². The van der Waals surface area contributed by atoms with Crippen LogP contribution >= 0.6 is 11.6 Å². The number of hydrogen-bond donors (Lipinski definition) is 2. The Labute approximate surface area is 128 Å². The van der Waals surface area contributed by atoms with Crippen molar-refractivity contribution in [2.24, 2.45) is 5.73 Å². The first kappa shape index (κ1) is 15.5. The van der Waals surface area contributed by atoms with Crippen LogP contribution in [0.5, 0.6) is 0 Å². The number of fused-ring (bicyclic) bond motifs is 1. The number of benzene rings is 1. The van der Waals surface area contributed by atoms with Gasteiger partial charge in [-0.25, -0.2) is 4.79 Å². The summed E-state index contributed by atoms with van der Waals surface area (Å²) in [4.78, 5) is 24.5. The van der Waals surface area contributed by atoms with Crippen molar-refractivity contribution in [1.82, 2.24) is 10.2 Å². The number of imide groups is 1. The first-order chi connectivity index (χ1) is 9.97. The molecule has 1 aromatic rings. The summed E-state index contributed by atoms with van der Waals surface area (Å²) in [5, 5.41) is 2.53. The highest BCUT2D eigenvalue weighted by molar-refractivity contribution is 6.29. The molecule has 6 heteroatoms. The Morgan fingerprint density at radius 2 is 2.10 bits per heavy atom. The zero-order chi connectivity index (χ0) is 15.4. The van der Waals surface area contributed by atoms with E-state index in [0.717, 1.165) is 12.8 Å². The van der Waals surface area contributed by atoms with Crippen LogP contribution in [0.3, 0.4) is 0 Å². The summed E-state index contributed by atoms with van der Waals surface area (Å²) in [6.07, 6.45) is 1.87. The largest absolute Gasteiger partial charge is 0.351 e. The third-order valence-electron chi connectivity index (χ3n) is 3.53. The van der Waals surface area contributed by atoms with Crippen molar-refractivity contribution in [2.75, 3.05) is 13.1 Å². The molecule has 0 aromatic heterocycles. The number of nitrogens with two attached hydrogens (primary N) is 1. The van der Waals surface area contributed by atoms with E-state index in [2.05, 4.69) is 24.0 Å². The van der Waals surface area contributed by atoms with Gasteiger partial charge in [0.2, 0.25) is 5.91 Å². The number of carbonyl (C=O) groups excluding carboxylic acids is 2. The van der Waals surface area contributed by atoms with Crippen LogP contribution in [-0.4, -0.2) is 29.9 Å². The molecule has 0 radical (unpaired) electrons. The van der Waals surface area contributed by atoms with E-state index >= 15 is 0 Å². The number of rotatable bonds is 5. The highest BCUT2D eigenvalue weighted by Gasteiger charge is 2.29. The standard InChI is InChI=1S/C15H18ClN3O2/c1-10(16)8-19(9-14(20)18-15(17)21)13-7-6-11-4-2-3-5-12(11)13/h2-5,13H,1,6-9H2,(H3,17,18,20,21)/t13-/m0/s1. The van der Waals surface area contributed by atoms with Crippen LogP contribution in [0.2, 0.25) is 0 Å². The average molecular weight is 308 g/mol. The molecular weight excluding hydrogens is 290 g/mol. The van der Waals surface area contributed by atoms with Crippen molar-refractivity contribution in [2.45, 2.75) is 18.9 Å². The summed E-state index contributed by atoms with van der Waals surface area (Å²) in [7, 11) is 0. The number of nitrogens with one attached hydrogen (secondary N) is 1. The van der Waals surface area contributed by atoms with Gasteiger partial charge in [0.05, 0.1) is 6.54 Å². The van der Waals surface area contributed by atoms with E-state index in [9.17, 15) is 9.59 Å². The van der Waals surface area contributed by atoms with Gasteiger partial charge in [0.25, 0.3) is 0 Å². The Hall–Kier alpha value is -1.85. The second kappa shape index (κ2) is 6.74. The molecule has 112 valence electrons. The highest BCUT2D eigenvalue weighted by Crippen LogP contribution is 2.35. The van der Waals surface area contributed by atoms with Crippen molar-refractivity contribution in [3.63, 3.8) is 0 Å². The van der Waals surface area contributed by atoms with Crippen LogP contribution in [0.15, 0.2) is 35.9 Å². The van der Waals surface area contributed by atoms with Crippen LogP contribution in [0.1, 0.15) is 23.6 Å². The lowest BCUT2D eigenvalue weighted by molar-refractivity contribution is -0.121. The fourth-order valence-corrected chi connectivity index (χ4v) is 2.93. The summed E-state index contributed by atoms with van der Waals surface area (Å²) >= 11 is 5.91. The van der Waals surface area contributed by atoms with E-state index in [4.69, 9.17) is 17.3 Å². The first-order valence-corrected chi connectivity index (χ1v) is 7.09. The number of hydrogen-bond acceptors (Lipinski definition) is 3. The number of halogens is 1. The number of nitrogens with zero attached hydrogens (tertiary/aromatic N) is 1. The molecule has 0 spiro atoms. The molecular formula is C15H18ClN3O2. The predicted molar refractivity (Wildman–Crippen MR) is 81.8 cm³/mol. The minimum Gasteiger partial charge on any atom is -0.351 e. The molecule has 0 heterocycles. The Balaban J connectivity index is 2.15. The van der Waals surface area contributed by atoms with Crippen molar-refractivity contribution in [3.05, 3.63) is 47.0 Å². The van der Waals surface area contributed by atoms with Crippen LogP contribution in [0, 0.1) is 0 Å². The molecule has 1 aromatic carbocycles. The Bertz CT molecular complexity index is 574. The van der Waals surface area contributed by atoms with Crippen molar-refractivity contribution in [3.8, 4) is 0 Å². The molecule has 0 saturated carbocycles. The number of carbonyl (C=O) groups is 2. The smallest absolute Gasteiger partial charge is 0.318 e. The molecule has 1 aliphatic rings. The minimum atomic E-state index is -0.850.